The number of urea groups is 1. The van der Waals surface area contributed by atoms with Gasteiger partial charge in [0.15, 0.2) is 0 Å². The molecular formula is C20H24N2O3S. The number of benzene rings is 1. The van der Waals surface area contributed by atoms with E-state index < -0.39 is 0 Å². The summed E-state index contributed by atoms with van der Waals surface area (Å²) in [6.07, 6.45) is 7.36. The highest BCUT2D eigenvalue weighted by Crippen LogP contribution is 2.40. The molecule has 1 atom stereocenters. The molecule has 138 valence electrons. The zero-order valence-corrected chi connectivity index (χ0v) is 15.5. The summed E-state index contributed by atoms with van der Waals surface area (Å²) < 4.78 is 11.3. The first-order chi connectivity index (χ1) is 12.7. The monoisotopic (exact) mass is 372 g/mol. The molecule has 1 spiro atoms. The van der Waals surface area contributed by atoms with Gasteiger partial charge in [-0.15, -0.1) is 11.8 Å². The molecule has 2 amide bonds. The summed E-state index contributed by atoms with van der Waals surface area (Å²) in [4.78, 5) is 13.4. The Morgan fingerprint density at radius 1 is 1.19 bits per heavy atom. The van der Waals surface area contributed by atoms with Gasteiger partial charge >= 0.3 is 6.03 Å². The van der Waals surface area contributed by atoms with Crippen molar-refractivity contribution in [3.05, 3.63) is 48.4 Å². The van der Waals surface area contributed by atoms with Gasteiger partial charge in [0.25, 0.3) is 0 Å². The summed E-state index contributed by atoms with van der Waals surface area (Å²) in [5.41, 5.74) is 0.824. The van der Waals surface area contributed by atoms with E-state index in [0.717, 1.165) is 41.4 Å². The van der Waals surface area contributed by atoms with E-state index in [1.807, 2.05) is 36.4 Å². The Balaban J connectivity index is 1.24. The molecule has 2 aromatic rings. The molecule has 1 aliphatic carbocycles. The summed E-state index contributed by atoms with van der Waals surface area (Å²) >= 11 is 1.70. The number of carbonyl (C=O) groups excluding carboxylic acids is 1. The summed E-state index contributed by atoms with van der Waals surface area (Å²) in [7, 11) is 0. The minimum absolute atomic E-state index is 0.0325. The average molecular weight is 372 g/mol. The van der Waals surface area contributed by atoms with Gasteiger partial charge in [0.1, 0.15) is 5.76 Å². The van der Waals surface area contributed by atoms with Crippen LogP contribution in [0.4, 0.5) is 10.5 Å². The van der Waals surface area contributed by atoms with Gasteiger partial charge in [0.2, 0.25) is 0 Å². The molecule has 1 aromatic carbocycles. The SMILES string of the molecule is O=C(Nc1ccc(SCc2ccco2)cc1)NC1COC2(CCCC2)C1. The predicted molar refractivity (Wildman–Crippen MR) is 102 cm³/mol. The Bertz CT molecular complexity index is 724. The molecule has 1 saturated heterocycles. The van der Waals surface area contributed by atoms with Gasteiger partial charge in [-0.3, -0.25) is 0 Å². The second kappa shape index (κ2) is 7.76. The number of hydrogen-bond acceptors (Lipinski definition) is 4. The lowest BCUT2D eigenvalue weighted by molar-refractivity contribution is 0.00998. The molecule has 4 rings (SSSR count). The standard InChI is InChI=1S/C20H24N2O3S/c23-19(22-16-12-20(25-13-16)9-1-2-10-20)21-15-5-7-18(8-6-15)26-14-17-4-3-11-24-17/h3-8,11,16H,1-2,9-10,12-14H2,(H2,21,22,23). The van der Waals surface area contributed by atoms with Gasteiger partial charge in [-0.25, -0.2) is 4.79 Å². The molecule has 2 N–H and O–H groups in total. The van der Waals surface area contributed by atoms with Gasteiger partial charge in [0.05, 0.1) is 30.3 Å². The van der Waals surface area contributed by atoms with E-state index in [-0.39, 0.29) is 17.7 Å². The van der Waals surface area contributed by atoms with Crippen molar-refractivity contribution in [2.75, 3.05) is 11.9 Å². The second-order valence-corrected chi connectivity index (χ2v) is 8.14. The maximum absolute atomic E-state index is 12.2. The third kappa shape index (κ3) is 4.24. The topological polar surface area (TPSA) is 63.5 Å². The number of thioether (sulfide) groups is 1. The fraction of sp³-hybridized carbons (Fsp3) is 0.450. The Morgan fingerprint density at radius 2 is 2.00 bits per heavy atom. The van der Waals surface area contributed by atoms with Crippen molar-refractivity contribution in [2.24, 2.45) is 0 Å². The van der Waals surface area contributed by atoms with E-state index in [1.54, 1.807) is 18.0 Å². The van der Waals surface area contributed by atoms with E-state index in [2.05, 4.69) is 10.6 Å². The molecule has 1 saturated carbocycles. The Morgan fingerprint density at radius 3 is 2.73 bits per heavy atom. The number of ether oxygens (including phenoxy) is 1. The molecule has 2 aliphatic rings. The molecule has 0 bridgehead atoms. The van der Waals surface area contributed by atoms with Crippen LogP contribution in [-0.2, 0) is 10.5 Å². The van der Waals surface area contributed by atoms with Crippen LogP contribution in [0.3, 0.4) is 0 Å². The molecule has 1 unspecified atom stereocenters. The summed E-state index contributed by atoms with van der Waals surface area (Å²) in [5.74, 6) is 1.75. The lowest BCUT2D eigenvalue weighted by Gasteiger charge is -2.21. The van der Waals surface area contributed by atoms with E-state index in [1.165, 1.54) is 12.8 Å². The number of carbonyl (C=O) groups is 1. The first kappa shape index (κ1) is 17.5. The lowest BCUT2D eigenvalue weighted by atomic mass is 9.96. The van der Waals surface area contributed by atoms with Crippen LogP contribution in [0.25, 0.3) is 0 Å². The van der Waals surface area contributed by atoms with Crippen LogP contribution in [0.2, 0.25) is 0 Å². The molecule has 26 heavy (non-hydrogen) atoms. The van der Waals surface area contributed by atoms with Crippen LogP contribution >= 0.6 is 11.8 Å². The quantitative estimate of drug-likeness (QED) is 0.741. The maximum Gasteiger partial charge on any atom is 0.319 e. The smallest absolute Gasteiger partial charge is 0.319 e. The van der Waals surface area contributed by atoms with Crippen LogP contribution in [0.1, 0.15) is 37.9 Å². The lowest BCUT2D eigenvalue weighted by Crippen LogP contribution is -2.39. The van der Waals surface area contributed by atoms with Crippen LogP contribution < -0.4 is 10.6 Å². The van der Waals surface area contributed by atoms with Gasteiger partial charge in [0, 0.05) is 10.6 Å². The van der Waals surface area contributed by atoms with Crippen LogP contribution in [0.5, 0.6) is 0 Å². The normalized spacial score (nSPS) is 21.2. The molecule has 1 aliphatic heterocycles. The highest BCUT2D eigenvalue weighted by atomic mass is 32.2. The van der Waals surface area contributed by atoms with E-state index in [0.29, 0.717) is 6.61 Å². The Kier molecular flexibility index (Phi) is 5.22. The van der Waals surface area contributed by atoms with Crippen molar-refractivity contribution in [3.8, 4) is 0 Å². The molecule has 2 fully saturated rings. The summed E-state index contributed by atoms with van der Waals surface area (Å²) in [5, 5.41) is 5.96. The second-order valence-electron chi connectivity index (χ2n) is 7.09. The van der Waals surface area contributed by atoms with Gasteiger partial charge in [-0.1, -0.05) is 12.8 Å². The fourth-order valence-corrected chi connectivity index (χ4v) is 4.64. The largest absolute Gasteiger partial charge is 0.468 e. The summed E-state index contributed by atoms with van der Waals surface area (Å²) in [6.45, 7) is 0.621. The van der Waals surface area contributed by atoms with Crippen molar-refractivity contribution in [1.82, 2.24) is 5.32 Å². The van der Waals surface area contributed by atoms with Crippen molar-refractivity contribution < 1.29 is 13.9 Å². The van der Waals surface area contributed by atoms with Crippen molar-refractivity contribution >= 4 is 23.5 Å². The average Bonchev–Trinajstić information content (AvgIpc) is 3.39. The number of rotatable bonds is 5. The third-order valence-corrected chi connectivity index (χ3v) is 6.17. The number of amides is 2. The maximum atomic E-state index is 12.2. The minimum Gasteiger partial charge on any atom is -0.468 e. The molecule has 6 heteroatoms. The zero-order valence-electron chi connectivity index (χ0n) is 14.7. The zero-order chi connectivity index (χ0) is 17.8. The van der Waals surface area contributed by atoms with Crippen LogP contribution in [-0.4, -0.2) is 24.3 Å². The Hall–Kier alpha value is -1.92. The van der Waals surface area contributed by atoms with E-state index >= 15 is 0 Å². The van der Waals surface area contributed by atoms with Crippen molar-refractivity contribution in [1.29, 1.82) is 0 Å². The number of anilines is 1. The van der Waals surface area contributed by atoms with Gasteiger partial charge in [-0.05, 0) is 55.7 Å². The number of furan rings is 1. The first-order valence-corrected chi connectivity index (χ1v) is 10.2. The number of nitrogens with one attached hydrogen (secondary N) is 2. The van der Waals surface area contributed by atoms with E-state index in [4.69, 9.17) is 9.15 Å². The van der Waals surface area contributed by atoms with Gasteiger partial charge < -0.3 is 19.8 Å². The number of hydrogen-bond donors (Lipinski definition) is 2. The van der Waals surface area contributed by atoms with Crippen molar-refractivity contribution in [2.45, 2.75) is 54.4 Å². The third-order valence-electron chi connectivity index (χ3n) is 5.13. The van der Waals surface area contributed by atoms with Crippen LogP contribution in [0.15, 0.2) is 52.0 Å². The van der Waals surface area contributed by atoms with Crippen molar-refractivity contribution in [3.63, 3.8) is 0 Å². The Labute approximate surface area is 157 Å². The molecule has 0 radical (unpaired) electrons. The highest BCUT2D eigenvalue weighted by molar-refractivity contribution is 7.98. The molecule has 5 nitrogen and oxygen atoms in total. The highest BCUT2D eigenvalue weighted by Gasteiger charge is 2.42. The van der Waals surface area contributed by atoms with E-state index in [9.17, 15) is 4.79 Å². The predicted octanol–water partition coefficient (Wildman–Crippen LogP) is 4.80. The van der Waals surface area contributed by atoms with Gasteiger partial charge in [-0.2, -0.15) is 0 Å². The first-order valence-electron chi connectivity index (χ1n) is 9.18. The summed E-state index contributed by atoms with van der Waals surface area (Å²) in [6, 6.07) is 11.7. The molecule has 1 aromatic heterocycles. The molecular weight excluding hydrogens is 348 g/mol. The van der Waals surface area contributed by atoms with Crippen LogP contribution in [0, 0.1) is 0 Å². The minimum atomic E-state index is -0.162. The fourth-order valence-electron chi connectivity index (χ4n) is 3.84. The molecule has 2 heterocycles.